The molecule has 5 rings (SSSR count). The van der Waals surface area contributed by atoms with E-state index in [1.807, 2.05) is 12.1 Å². The average molecular weight is 400 g/mol. The molecule has 0 unspecified atom stereocenters. The number of amides is 3. The number of benzene rings is 1. The quantitative estimate of drug-likeness (QED) is 0.782. The third-order valence-electron chi connectivity index (χ3n) is 5.84. The second kappa shape index (κ2) is 6.41. The Morgan fingerprint density at radius 2 is 1.64 bits per heavy atom. The summed E-state index contributed by atoms with van der Waals surface area (Å²) >= 11 is 5.97. The number of anilines is 2. The smallest absolute Gasteiger partial charge is 0.260 e. The average Bonchev–Trinajstić information content (AvgIpc) is 3.21. The first kappa shape index (κ1) is 17.4. The van der Waals surface area contributed by atoms with Crippen molar-refractivity contribution in [2.75, 3.05) is 10.2 Å². The van der Waals surface area contributed by atoms with Gasteiger partial charge in [0.2, 0.25) is 23.7 Å². The molecule has 1 aromatic carbocycles. The Bertz CT molecular complexity index is 962. The van der Waals surface area contributed by atoms with Crippen LogP contribution in [-0.2, 0) is 14.4 Å². The van der Waals surface area contributed by atoms with Crippen molar-refractivity contribution in [3.05, 3.63) is 34.9 Å². The molecule has 28 heavy (non-hydrogen) atoms. The van der Waals surface area contributed by atoms with Crippen molar-refractivity contribution in [2.45, 2.75) is 38.1 Å². The topological polar surface area (TPSA) is 97.2 Å². The zero-order chi connectivity index (χ0) is 19.4. The molecule has 2 aromatic rings. The maximum Gasteiger partial charge on any atom is 0.260 e. The Hall–Kier alpha value is -2.74. The van der Waals surface area contributed by atoms with Gasteiger partial charge in [-0.2, -0.15) is 4.98 Å². The minimum absolute atomic E-state index is 0.0422. The first-order valence-electron chi connectivity index (χ1n) is 9.42. The van der Waals surface area contributed by atoms with Gasteiger partial charge >= 0.3 is 0 Å². The van der Waals surface area contributed by atoms with E-state index in [4.69, 9.17) is 11.6 Å². The fourth-order valence-electron chi connectivity index (χ4n) is 4.45. The number of halogens is 1. The van der Waals surface area contributed by atoms with Crippen LogP contribution in [0.1, 0.15) is 43.7 Å². The van der Waals surface area contributed by atoms with Crippen molar-refractivity contribution in [1.82, 2.24) is 14.8 Å². The summed E-state index contributed by atoms with van der Waals surface area (Å²) in [5, 5.41) is 7.73. The number of carbonyl (C=O) groups excluding carboxylic acids is 3. The first-order valence-corrected chi connectivity index (χ1v) is 9.80. The van der Waals surface area contributed by atoms with E-state index in [1.54, 1.807) is 16.8 Å². The summed E-state index contributed by atoms with van der Waals surface area (Å²) in [5.74, 6) is -0.924. The zero-order valence-corrected chi connectivity index (χ0v) is 15.7. The molecule has 8 nitrogen and oxygen atoms in total. The summed E-state index contributed by atoms with van der Waals surface area (Å²) in [7, 11) is 0. The molecule has 1 aliphatic carbocycles. The van der Waals surface area contributed by atoms with Crippen molar-refractivity contribution in [1.29, 1.82) is 0 Å². The van der Waals surface area contributed by atoms with Gasteiger partial charge in [-0.1, -0.05) is 36.6 Å². The Morgan fingerprint density at radius 1 is 1.00 bits per heavy atom. The van der Waals surface area contributed by atoms with Gasteiger partial charge in [0.1, 0.15) is 0 Å². The number of fused-ring (bicyclic) bond motifs is 2. The number of hydrogen-bond acceptors (Lipinski definition) is 5. The number of rotatable bonds is 2. The van der Waals surface area contributed by atoms with Crippen LogP contribution in [0.3, 0.4) is 0 Å². The molecule has 3 atom stereocenters. The Kier molecular flexibility index (Phi) is 3.97. The summed E-state index contributed by atoms with van der Waals surface area (Å²) in [5.41, 5.74) is 0.852. The third-order valence-corrected chi connectivity index (χ3v) is 6.09. The second-order valence-corrected chi connectivity index (χ2v) is 7.95. The van der Waals surface area contributed by atoms with E-state index >= 15 is 0 Å². The van der Waals surface area contributed by atoms with E-state index in [1.165, 1.54) is 0 Å². The van der Waals surface area contributed by atoms with Gasteiger partial charge < -0.3 is 0 Å². The number of carbonyl (C=O) groups is 3. The summed E-state index contributed by atoms with van der Waals surface area (Å²) < 4.78 is 1.57. The third kappa shape index (κ3) is 2.63. The van der Waals surface area contributed by atoms with Crippen molar-refractivity contribution >= 4 is 41.2 Å². The van der Waals surface area contributed by atoms with Crippen LogP contribution in [0.15, 0.2) is 24.3 Å². The van der Waals surface area contributed by atoms with Crippen LogP contribution < -0.4 is 10.2 Å². The molecule has 144 valence electrons. The van der Waals surface area contributed by atoms with Crippen LogP contribution in [0, 0.1) is 11.8 Å². The SMILES string of the molecule is O=C1C[C@H](c2ccc(Cl)cc2)n2nc(N3C(=O)[C@H]4CCCC[C@@H]4C3=O)nc2N1. The number of nitrogens with zero attached hydrogens (tertiary/aromatic N) is 4. The molecule has 2 aliphatic heterocycles. The van der Waals surface area contributed by atoms with Crippen LogP contribution in [0.2, 0.25) is 5.02 Å². The van der Waals surface area contributed by atoms with Crippen LogP contribution in [-0.4, -0.2) is 32.5 Å². The van der Waals surface area contributed by atoms with E-state index in [0.29, 0.717) is 5.02 Å². The predicted octanol–water partition coefficient (Wildman–Crippen LogP) is 2.54. The molecule has 1 aromatic heterocycles. The van der Waals surface area contributed by atoms with Gasteiger partial charge in [0.25, 0.3) is 5.95 Å². The summed E-state index contributed by atoms with van der Waals surface area (Å²) in [6.45, 7) is 0. The van der Waals surface area contributed by atoms with Gasteiger partial charge in [0.05, 0.1) is 24.3 Å². The lowest BCUT2D eigenvalue weighted by molar-refractivity contribution is -0.122. The van der Waals surface area contributed by atoms with E-state index in [0.717, 1.165) is 36.1 Å². The van der Waals surface area contributed by atoms with Crippen molar-refractivity contribution in [3.8, 4) is 0 Å². The zero-order valence-electron chi connectivity index (χ0n) is 15.0. The molecule has 1 saturated heterocycles. The predicted molar refractivity (Wildman–Crippen MR) is 101 cm³/mol. The standard InChI is InChI=1S/C19H18ClN5O3/c20-11-7-5-10(6-8-11)14-9-15(26)21-18-22-19(23-25(14)18)24-16(27)12-3-1-2-4-13(12)17(24)28/h5-8,12-14H,1-4,9H2,(H,21,22,23,26)/t12-,13-,14+/m0/s1. The van der Waals surface area contributed by atoms with Crippen LogP contribution in [0.25, 0.3) is 0 Å². The number of aromatic nitrogens is 3. The lowest BCUT2D eigenvalue weighted by Crippen LogP contribution is -2.32. The van der Waals surface area contributed by atoms with Gasteiger partial charge in [-0.05, 0) is 30.5 Å². The fourth-order valence-corrected chi connectivity index (χ4v) is 4.58. The lowest BCUT2D eigenvalue weighted by atomic mass is 9.81. The minimum atomic E-state index is -0.377. The Balaban J connectivity index is 1.53. The monoisotopic (exact) mass is 399 g/mol. The molecular formula is C19H18ClN5O3. The maximum atomic E-state index is 12.8. The van der Waals surface area contributed by atoms with Crippen LogP contribution in [0.4, 0.5) is 11.9 Å². The molecule has 9 heteroatoms. The Labute approximate surface area is 165 Å². The van der Waals surface area contributed by atoms with Gasteiger partial charge in [0.15, 0.2) is 0 Å². The second-order valence-electron chi connectivity index (χ2n) is 7.51. The van der Waals surface area contributed by atoms with Gasteiger partial charge in [-0.3, -0.25) is 19.7 Å². The number of imide groups is 1. The van der Waals surface area contributed by atoms with Gasteiger partial charge in [-0.15, -0.1) is 5.10 Å². The summed E-state index contributed by atoms with van der Waals surface area (Å²) in [4.78, 5) is 43.3. The van der Waals surface area contributed by atoms with E-state index < -0.39 is 0 Å². The normalized spacial score (nSPS) is 26.8. The van der Waals surface area contributed by atoms with E-state index in [-0.39, 0.29) is 53.9 Å². The molecule has 0 spiro atoms. The van der Waals surface area contributed by atoms with Crippen LogP contribution >= 0.6 is 11.6 Å². The molecule has 3 amide bonds. The van der Waals surface area contributed by atoms with Crippen LogP contribution in [0.5, 0.6) is 0 Å². The molecule has 3 heterocycles. The maximum absolute atomic E-state index is 12.8. The highest BCUT2D eigenvalue weighted by atomic mass is 35.5. The largest absolute Gasteiger partial charge is 0.295 e. The number of hydrogen-bond donors (Lipinski definition) is 1. The van der Waals surface area contributed by atoms with Gasteiger partial charge in [-0.25, -0.2) is 9.58 Å². The van der Waals surface area contributed by atoms with Crippen molar-refractivity contribution < 1.29 is 14.4 Å². The lowest BCUT2D eigenvalue weighted by Gasteiger charge is -2.23. The summed E-state index contributed by atoms with van der Waals surface area (Å²) in [6.07, 6.45) is 3.54. The molecular weight excluding hydrogens is 382 g/mol. The van der Waals surface area contributed by atoms with E-state index in [2.05, 4.69) is 15.4 Å². The molecule has 1 saturated carbocycles. The molecule has 0 bridgehead atoms. The van der Waals surface area contributed by atoms with Crippen molar-refractivity contribution in [3.63, 3.8) is 0 Å². The number of nitrogens with one attached hydrogen (secondary N) is 1. The first-order chi connectivity index (χ1) is 13.5. The molecule has 2 fully saturated rings. The fraction of sp³-hybridized carbons (Fsp3) is 0.421. The highest BCUT2D eigenvalue weighted by Crippen LogP contribution is 2.40. The van der Waals surface area contributed by atoms with Crippen molar-refractivity contribution in [2.24, 2.45) is 11.8 Å². The highest BCUT2D eigenvalue weighted by Gasteiger charge is 2.50. The van der Waals surface area contributed by atoms with E-state index in [9.17, 15) is 14.4 Å². The molecule has 3 aliphatic rings. The highest BCUT2D eigenvalue weighted by molar-refractivity contribution is 6.30. The minimum Gasteiger partial charge on any atom is -0.295 e. The molecule has 1 N–H and O–H groups in total. The van der Waals surface area contributed by atoms with Gasteiger partial charge in [0, 0.05) is 5.02 Å². The Morgan fingerprint density at radius 3 is 2.29 bits per heavy atom. The molecule has 0 radical (unpaired) electrons. The summed E-state index contributed by atoms with van der Waals surface area (Å²) in [6, 6.07) is 6.78.